The molecule has 0 atom stereocenters. The zero-order chi connectivity index (χ0) is 15.1. The lowest BCUT2D eigenvalue weighted by Gasteiger charge is -2.06. The van der Waals surface area contributed by atoms with Gasteiger partial charge >= 0.3 is 5.97 Å². The molecule has 8 nitrogen and oxygen atoms in total. The molecule has 0 heterocycles. The van der Waals surface area contributed by atoms with Gasteiger partial charge in [-0.1, -0.05) is 0 Å². The van der Waals surface area contributed by atoms with Crippen LogP contribution in [0, 0.1) is 10.1 Å². The van der Waals surface area contributed by atoms with Gasteiger partial charge in [-0.25, -0.2) is 4.79 Å². The Morgan fingerprint density at radius 1 is 1.35 bits per heavy atom. The Morgan fingerprint density at radius 2 is 2.00 bits per heavy atom. The van der Waals surface area contributed by atoms with Crippen molar-refractivity contribution in [1.29, 1.82) is 0 Å². The standard InChI is InChI=1S/C12H14N2O6/c1-2-20-4-3-13-11(15)8-5-9(12(16)17)7-10(6-8)14(18)19/h5-7H,2-4H2,1H3,(H,13,15)(H,16,17). The van der Waals surface area contributed by atoms with E-state index in [0.29, 0.717) is 13.2 Å². The van der Waals surface area contributed by atoms with Gasteiger partial charge in [0.25, 0.3) is 11.6 Å². The summed E-state index contributed by atoms with van der Waals surface area (Å²) in [6, 6.07) is 3.02. The SMILES string of the molecule is CCOCCNC(=O)c1cc(C(=O)O)cc([N+](=O)[O-])c1. The van der Waals surface area contributed by atoms with E-state index >= 15 is 0 Å². The van der Waals surface area contributed by atoms with E-state index in [9.17, 15) is 19.7 Å². The first-order valence-electron chi connectivity index (χ1n) is 5.84. The van der Waals surface area contributed by atoms with Crippen LogP contribution in [0.2, 0.25) is 0 Å². The van der Waals surface area contributed by atoms with Crippen LogP contribution in [0.4, 0.5) is 5.69 Å². The molecule has 0 radical (unpaired) electrons. The number of ether oxygens (including phenoxy) is 1. The van der Waals surface area contributed by atoms with Crippen molar-refractivity contribution in [2.75, 3.05) is 19.8 Å². The van der Waals surface area contributed by atoms with Crippen molar-refractivity contribution in [3.05, 3.63) is 39.4 Å². The normalized spacial score (nSPS) is 10.1. The summed E-state index contributed by atoms with van der Waals surface area (Å²) in [5, 5.41) is 22.1. The minimum Gasteiger partial charge on any atom is -0.478 e. The molecule has 0 aliphatic rings. The number of amides is 1. The lowest BCUT2D eigenvalue weighted by Crippen LogP contribution is -2.27. The second kappa shape index (κ2) is 7.19. The predicted octanol–water partition coefficient (Wildman–Crippen LogP) is 1.06. The maximum atomic E-state index is 11.8. The fourth-order valence-electron chi connectivity index (χ4n) is 1.45. The van der Waals surface area contributed by atoms with Crippen molar-refractivity contribution >= 4 is 17.6 Å². The molecule has 0 unspecified atom stereocenters. The molecule has 0 aromatic heterocycles. The number of carbonyl (C=O) groups excluding carboxylic acids is 1. The molecule has 1 aromatic rings. The fraction of sp³-hybridized carbons (Fsp3) is 0.333. The van der Waals surface area contributed by atoms with Crippen LogP contribution in [0.25, 0.3) is 0 Å². The Bertz CT molecular complexity index is 496. The van der Waals surface area contributed by atoms with Crippen molar-refractivity contribution in [2.24, 2.45) is 0 Å². The third-order valence-corrected chi connectivity index (χ3v) is 2.37. The number of rotatable bonds is 7. The number of nitrogens with one attached hydrogen (secondary N) is 1. The van der Waals surface area contributed by atoms with Gasteiger partial charge in [0.1, 0.15) is 0 Å². The highest BCUT2D eigenvalue weighted by atomic mass is 16.6. The Labute approximate surface area is 114 Å². The summed E-state index contributed by atoms with van der Waals surface area (Å²) in [7, 11) is 0. The predicted molar refractivity (Wildman–Crippen MR) is 68.9 cm³/mol. The smallest absolute Gasteiger partial charge is 0.335 e. The minimum absolute atomic E-state index is 0.0758. The van der Waals surface area contributed by atoms with Gasteiger partial charge in [-0.05, 0) is 13.0 Å². The number of aromatic carboxylic acids is 1. The van der Waals surface area contributed by atoms with E-state index in [1.807, 2.05) is 6.92 Å². The van der Waals surface area contributed by atoms with E-state index in [1.165, 1.54) is 0 Å². The van der Waals surface area contributed by atoms with Crippen molar-refractivity contribution in [3.63, 3.8) is 0 Å². The number of hydrogen-bond acceptors (Lipinski definition) is 5. The number of benzene rings is 1. The number of nitro groups is 1. The highest BCUT2D eigenvalue weighted by Crippen LogP contribution is 2.17. The molecule has 0 bridgehead atoms. The van der Waals surface area contributed by atoms with Crippen molar-refractivity contribution in [1.82, 2.24) is 5.32 Å². The van der Waals surface area contributed by atoms with Crippen LogP contribution in [0.15, 0.2) is 18.2 Å². The van der Waals surface area contributed by atoms with Crippen molar-refractivity contribution < 1.29 is 24.4 Å². The Kier molecular flexibility index (Phi) is 5.60. The van der Waals surface area contributed by atoms with Crippen LogP contribution < -0.4 is 5.32 Å². The molecule has 0 fully saturated rings. The molecule has 0 aliphatic heterocycles. The summed E-state index contributed by atoms with van der Waals surface area (Å²) in [5.74, 6) is -1.92. The summed E-state index contributed by atoms with van der Waals surface area (Å²) >= 11 is 0. The number of nitrogens with zero attached hydrogens (tertiary/aromatic N) is 1. The number of nitro benzene ring substituents is 1. The van der Waals surface area contributed by atoms with E-state index in [1.54, 1.807) is 0 Å². The topological polar surface area (TPSA) is 119 Å². The first kappa shape index (κ1) is 15.6. The second-order valence-electron chi connectivity index (χ2n) is 3.78. The van der Waals surface area contributed by atoms with Gasteiger partial charge in [0.05, 0.1) is 17.1 Å². The molecule has 8 heteroatoms. The molecule has 20 heavy (non-hydrogen) atoms. The first-order valence-corrected chi connectivity index (χ1v) is 5.84. The highest BCUT2D eigenvalue weighted by molar-refractivity contribution is 5.98. The van der Waals surface area contributed by atoms with Crippen LogP contribution in [-0.4, -0.2) is 41.7 Å². The van der Waals surface area contributed by atoms with Gasteiger partial charge in [0, 0.05) is 30.8 Å². The highest BCUT2D eigenvalue weighted by Gasteiger charge is 2.17. The molecule has 2 N–H and O–H groups in total. The van der Waals surface area contributed by atoms with Crippen LogP contribution in [0.1, 0.15) is 27.6 Å². The number of carbonyl (C=O) groups is 2. The van der Waals surface area contributed by atoms with Gasteiger partial charge in [-0.15, -0.1) is 0 Å². The molecule has 0 aliphatic carbocycles. The van der Waals surface area contributed by atoms with Crippen LogP contribution >= 0.6 is 0 Å². The first-order chi connectivity index (χ1) is 9.45. The van der Waals surface area contributed by atoms with Gasteiger partial charge in [0.2, 0.25) is 0 Å². The molecule has 0 saturated carbocycles. The van der Waals surface area contributed by atoms with Gasteiger partial charge in [-0.3, -0.25) is 14.9 Å². The van der Waals surface area contributed by atoms with Gasteiger partial charge < -0.3 is 15.2 Å². The molecule has 1 amide bonds. The van der Waals surface area contributed by atoms with Crippen LogP contribution in [0.3, 0.4) is 0 Å². The summed E-state index contributed by atoms with van der Waals surface area (Å²) in [6.07, 6.45) is 0. The fourth-order valence-corrected chi connectivity index (χ4v) is 1.45. The molecule has 0 saturated heterocycles. The molecule has 1 aromatic carbocycles. The number of hydrogen-bond donors (Lipinski definition) is 2. The van der Waals surface area contributed by atoms with Crippen LogP contribution in [-0.2, 0) is 4.74 Å². The number of carboxylic acids is 1. The monoisotopic (exact) mass is 282 g/mol. The third-order valence-electron chi connectivity index (χ3n) is 2.37. The average molecular weight is 282 g/mol. The summed E-state index contributed by atoms with van der Waals surface area (Å²) in [5.41, 5.74) is -0.831. The van der Waals surface area contributed by atoms with E-state index < -0.39 is 22.5 Å². The Morgan fingerprint density at radius 3 is 2.55 bits per heavy atom. The minimum atomic E-state index is -1.34. The van der Waals surface area contributed by atoms with Crippen LogP contribution in [0.5, 0.6) is 0 Å². The Hall–Kier alpha value is -2.48. The molecule has 1 rings (SSSR count). The molecule has 0 spiro atoms. The van der Waals surface area contributed by atoms with E-state index in [-0.39, 0.29) is 17.7 Å². The van der Waals surface area contributed by atoms with Crippen molar-refractivity contribution in [3.8, 4) is 0 Å². The molecular formula is C12H14N2O6. The molecule has 108 valence electrons. The molecular weight excluding hydrogens is 268 g/mol. The quantitative estimate of drug-likeness (QED) is 0.438. The summed E-state index contributed by atoms with van der Waals surface area (Å²) in [6.45, 7) is 2.86. The zero-order valence-electron chi connectivity index (χ0n) is 10.8. The van der Waals surface area contributed by atoms with E-state index in [2.05, 4.69) is 5.32 Å². The third kappa shape index (κ3) is 4.32. The maximum absolute atomic E-state index is 11.8. The van der Waals surface area contributed by atoms with Crippen molar-refractivity contribution in [2.45, 2.75) is 6.92 Å². The lowest BCUT2D eigenvalue weighted by atomic mass is 10.1. The lowest BCUT2D eigenvalue weighted by molar-refractivity contribution is -0.384. The summed E-state index contributed by atoms with van der Waals surface area (Å²) < 4.78 is 5.03. The maximum Gasteiger partial charge on any atom is 0.335 e. The number of carboxylic acid groups (broad SMARTS) is 1. The van der Waals surface area contributed by atoms with E-state index in [4.69, 9.17) is 9.84 Å². The average Bonchev–Trinajstić information content (AvgIpc) is 2.42. The second-order valence-corrected chi connectivity index (χ2v) is 3.78. The summed E-state index contributed by atoms with van der Waals surface area (Å²) in [4.78, 5) is 32.6. The van der Waals surface area contributed by atoms with Gasteiger partial charge in [0.15, 0.2) is 0 Å². The number of non-ortho nitro benzene ring substituents is 1. The Balaban J connectivity index is 2.90. The largest absolute Gasteiger partial charge is 0.478 e. The zero-order valence-corrected chi connectivity index (χ0v) is 10.8. The van der Waals surface area contributed by atoms with E-state index in [0.717, 1.165) is 18.2 Å². The van der Waals surface area contributed by atoms with Gasteiger partial charge in [-0.2, -0.15) is 0 Å².